The Bertz CT molecular complexity index is 1090. The SMILES string of the molecule is C=CCN(C(=O)[C@@H]1[C@H]2C(=O)N(CCCO)C(C(=O)N(CC=C)C(C)C)C23CC(C)[C@@]1(C)O3)c1ccccc1. The minimum absolute atomic E-state index is 0.0538. The maximum Gasteiger partial charge on any atom is 0.248 e. The van der Waals surface area contributed by atoms with Crippen LogP contribution in [0.25, 0.3) is 0 Å². The van der Waals surface area contributed by atoms with Gasteiger partial charge in [0.05, 0.1) is 17.4 Å². The molecule has 3 aliphatic rings. The number of para-hydroxylation sites is 1. The topological polar surface area (TPSA) is 90.4 Å². The molecule has 0 aliphatic carbocycles. The minimum Gasteiger partial charge on any atom is -0.396 e. The van der Waals surface area contributed by atoms with Crippen molar-refractivity contribution in [1.82, 2.24) is 9.80 Å². The van der Waals surface area contributed by atoms with Gasteiger partial charge in [-0.05, 0) is 51.7 Å². The van der Waals surface area contributed by atoms with E-state index in [1.165, 1.54) is 0 Å². The second-order valence-corrected chi connectivity index (χ2v) is 11.3. The molecule has 3 aliphatic heterocycles. The van der Waals surface area contributed by atoms with Gasteiger partial charge in [-0.2, -0.15) is 0 Å². The van der Waals surface area contributed by atoms with Crippen LogP contribution in [0.4, 0.5) is 5.69 Å². The van der Waals surface area contributed by atoms with Crippen LogP contribution in [-0.2, 0) is 19.1 Å². The molecule has 3 fully saturated rings. The number of rotatable bonds is 11. The van der Waals surface area contributed by atoms with Crippen LogP contribution in [0, 0.1) is 17.8 Å². The summed E-state index contributed by atoms with van der Waals surface area (Å²) in [5.41, 5.74) is -1.31. The Labute approximate surface area is 225 Å². The molecule has 8 nitrogen and oxygen atoms in total. The van der Waals surface area contributed by atoms with Crippen molar-refractivity contribution in [2.75, 3.05) is 31.1 Å². The number of ether oxygens (including phenoxy) is 1. The van der Waals surface area contributed by atoms with Gasteiger partial charge in [0, 0.05) is 38.0 Å². The van der Waals surface area contributed by atoms with Crippen molar-refractivity contribution in [3.8, 4) is 0 Å². The highest BCUT2D eigenvalue weighted by molar-refractivity contribution is 6.03. The van der Waals surface area contributed by atoms with Crippen LogP contribution in [0.3, 0.4) is 0 Å². The molecule has 2 bridgehead atoms. The molecule has 1 N–H and O–H groups in total. The van der Waals surface area contributed by atoms with Gasteiger partial charge in [-0.15, -0.1) is 13.2 Å². The first-order chi connectivity index (χ1) is 18.1. The van der Waals surface area contributed by atoms with Gasteiger partial charge in [0.2, 0.25) is 17.7 Å². The lowest BCUT2D eigenvalue weighted by atomic mass is 9.62. The number of carbonyl (C=O) groups excluding carboxylic acids is 3. The summed E-state index contributed by atoms with van der Waals surface area (Å²) in [5.74, 6) is -2.27. The third-order valence-corrected chi connectivity index (χ3v) is 8.75. The zero-order chi connectivity index (χ0) is 27.8. The summed E-state index contributed by atoms with van der Waals surface area (Å²) in [5, 5.41) is 9.59. The van der Waals surface area contributed by atoms with E-state index in [9.17, 15) is 19.5 Å². The van der Waals surface area contributed by atoms with E-state index in [4.69, 9.17) is 4.74 Å². The lowest BCUT2D eigenvalue weighted by molar-refractivity contribution is -0.153. The Hall–Kier alpha value is -2.97. The number of amides is 3. The molecule has 3 amide bonds. The molecule has 0 aromatic heterocycles. The second kappa shape index (κ2) is 10.7. The van der Waals surface area contributed by atoms with E-state index in [0.29, 0.717) is 19.4 Å². The van der Waals surface area contributed by atoms with E-state index in [1.807, 2.05) is 58.0 Å². The van der Waals surface area contributed by atoms with Crippen molar-refractivity contribution in [1.29, 1.82) is 0 Å². The molecule has 3 saturated heterocycles. The van der Waals surface area contributed by atoms with Gasteiger partial charge in [0.25, 0.3) is 0 Å². The zero-order valence-corrected chi connectivity index (χ0v) is 23.0. The number of benzene rings is 1. The molecule has 0 radical (unpaired) electrons. The van der Waals surface area contributed by atoms with Crippen molar-refractivity contribution in [3.05, 3.63) is 55.6 Å². The quantitative estimate of drug-likeness (QED) is 0.451. The number of hydrogen-bond acceptors (Lipinski definition) is 5. The number of aliphatic hydroxyl groups is 1. The second-order valence-electron chi connectivity index (χ2n) is 11.3. The number of carbonyl (C=O) groups is 3. The highest BCUT2D eigenvalue weighted by Crippen LogP contribution is 2.65. The van der Waals surface area contributed by atoms with Gasteiger partial charge >= 0.3 is 0 Å². The number of hydrogen-bond donors (Lipinski definition) is 1. The molecule has 4 rings (SSSR count). The summed E-state index contributed by atoms with van der Waals surface area (Å²) < 4.78 is 6.83. The van der Waals surface area contributed by atoms with Gasteiger partial charge in [-0.25, -0.2) is 0 Å². The van der Waals surface area contributed by atoms with Crippen molar-refractivity contribution >= 4 is 23.4 Å². The van der Waals surface area contributed by atoms with E-state index in [0.717, 1.165) is 5.69 Å². The summed E-state index contributed by atoms with van der Waals surface area (Å²) in [7, 11) is 0. The summed E-state index contributed by atoms with van der Waals surface area (Å²) in [6.07, 6.45) is 4.19. The van der Waals surface area contributed by atoms with Crippen molar-refractivity contribution in [2.45, 2.75) is 63.8 Å². The number of aliphatic hydroxyl groups excluding tert-OH is 1. The van der Waals surface area contributed by atoms with Crippen molar-refractivity contribution < 1.29 is 24.2 Å². The van der Waals surface area contributed by atoms with E-state index < -0.39 is 29.1 Å². The van der Waals surface area contributed by atoms with Crippen molar-refractivity contribution in [3.63, 3.8) is 0 Å². The van der Waals surface area contributed by atoms with Gasteiger partial charge in [0.1, 0.15) is 11.6 Å². The Morgan fingerprint density at radius 3 is 2.42 bits per heavy atom. The fourth-order valence-corrected chi connectivity index (χ4v) is 6.95. The average molecular weight is 524 g/mol. The maximum absolute atomic E-state index is 14.4. The number of likely N-dealkylation sites (tertiary alicyclic amines) is 1. The smallest absolute Gasteiger partial charge is 0.248 e. The predicted octanol–water partition coefficient (Wildman–Crippen LogP) is 3.02. The first-order valence-electron chi connectivity index (χ1n) is 13.6. The summed E-state index contributed by atoms with van der Waals surface area (Å²) in [6.45, 7) is 16.2. The normalized spacial score (nSPS) is 31.4. The van der Waals surface area contributed by atoms with Gasteiger partial charge < -0.3 is 24.5 Å². The first-order valence-corrected chi connectivity index (χ1v) is 13.6. The summed E-state index contributed by atoms with van der Waals surface area (Å²) >= 11 is 0. The summed E-state index contributed by atoms with van der Waals surface area (Å²) in [4.78, 5) is 47.7. The molecule has 3 heterocycles. The fraction of sp³-hybridized carbons (Fsp3) is 0.567. The highest BCUT2D eigenvalue weighted by atomic mass is 16.5. The Morgan fingerprint density at radius 2 is 1.84 bits per heavy atom. The largest absolute Gasteiger partial charge is 0.396 e. The number of nitrogens with zero attached hydrogens (tertiary/aromatic N) is 3. The van der Waals surface area contributed by atoms with Crippen LogP contribution >= 0.6 is 0 Å². The predicted molar refractivity (Wildman–Crippen MR) is 146 cm³/mol. The molecule has 206 valence electrons. The first kappa shape index (κ1) is 28.0. The third-order valence-electron chi connectivity index (χ3n) is 8.75. The van der Waals surface area contributed by atoms with Gasteiger partial charge in [-0.1, -0.05) is 37.3 Å². The van der Waals surface area contributed by atoms with Crippen LogP contribution < -0.4 is 4.90 Å². The van der Waals surface area contributed by atoms with Crippen LogP contribution in [0.2, 0.25) is 0 Å². The molecule has 38 heavy (non-hydrogen) atoms. The summed E-state index contributed by atoms with van der Waals surface area (Å²) in [6, 6.07) is 8.36. The van der Waals surface area contributed by atoms with Gasteiger partial charge in [-0.3, -0.25) is 14.4 Å². The molecule has 8 heteroatoms. The van der Waals surface area contributed by atoms with Crippen molar-refractivity contribution in [2.24, 2.45) is 17.8 Å². The van der Waals surface area contributed by atoms with Crippen LogP contribution in [0.15, 0.2) is 55.6 Å². The molecular formula is C30H41N3O5. The lowest BCUT2D eigenvalue weighted by Crippen LogP contribution is -2.58. The highest BCUT2D eigenvalue weighted by Gasteiger charge is 2.80. The minimum atomic E-state index is -1.12. The van der Waals surface area contributed by atoms with E-state index in [1.54, 1.807) is 26.9 Å². The standard InChI is InChI=1S/C30H41N3O5/c1-7-15-31(20(3)4)28(37)25-30-19-21(5)29(6,38-30)23(24(30)27(36)33(25)17-12-18-34)26(35)32(16-8-2)22-13-10-9-11-14-22/h7-11,13-14,20-21,23-25,34H,1-2,12,15-19H2,3-6H3/t21?,23-,24-,25?,29+,30?/m0/s1. The Balaban J connectivity index is 1.83. The maximum atomic E-state index is 14.4. The lowest BCUT2D eigenvalue weighted by Gasteiger charge is -2.39. The third kappa shape index (κ3) is 4.18. The molecule has 1 aromatic carbocycles. The number of anilines is 1. The van der Waals surface area contributed by atoms with E-state index in [2.05, 4.69) is 13.2 Å². The monoisotopic (exact) mass is 523 g/mol. The Morgan fingerprint density at radius 1 is 1.18 bits per heavy atom. The zero-order valence-electron chi connectivity index (χ0n) is 23.0. The molecule has 0 saturated carbocycles. The van der Waals surface area contributed by atoms with E-state index >= 15 is 0 Å². The van der Waals surface area contributed by atoms with Crippen LogP contribution in [-0.4, -0.2) is 82.2 Å². The molecular weight excluding hydrogens is 482 g/mol. The average Bonchev–Trinajstić information content (AvgIpc) is 3.40. The number of fused-ring (bicyclic) bond motifs is 1. The molecule has 1 spiro atoms. The van der Waals surface area contributed by atoms with Crippen LogP contribution in [0.1, 0.15) is 40.5 Å². The van der Waals surface area contributed by atoms with Crippen LogP contribution in [0.5, 0.6) is 0 Å². The van der Waals surface area contributed by atoms with Gasteiger partial charge in [0.15, 0.2) is 0 Å². The van der Waals surface area contributed by atoms with E-state index in [-0.39, 0.29) is 49.4 Å². The molecule has 3 unspecified atom stereocenters. The molecule has 6 atom stereocenters. The Kier molecular flexibility index (Phi) is 7.86. The molecule has 1 aromatic rings. The fourth-order valence-electron chi connectivity index (χ4n) is 6.95.